The molecule has 40 heavy (non-hydrogen) atoms. The quantitative estimate of drug-likeness (QED) is 0.225. The molecule has 4 aromatic rings. The first-order chi connectivity index (χ1) is 19.4. The molecule has 0 aliphatic rings. The summed E-state index contributed by atoms with van der Waals surface area (Å²) in [4.78, 5) is 34.2. The fourth-order valence-electron chi connectivity index (χ4n) is 4.83. The van der Waals surface area contributed by atoms with Gasteiger partial charge in [0.25, 0.3) is 5.91 Å². The number of methoxy groups -OCH3 is 2. The Morgan fingerprint density at radius 3 is 2.35 bits per heavy atom. The number of ether oxygens (including phenoxy) is 2. The van der Waals surface area contributed by atoms with E-state index in [4.69, 9.17) is 9.47 Å². The normalized spacial score (nSPS) is 10.9. The van der Waals surface area contributed by atoms with Crippen molar-refractivity contribution in [2.24, 2.45) is 0 Å². The second-order valence-corrected chi connectivity index (χ2v) is 10.1. The van der Waals surface area contributed by atoms with E-state index in [0.717, 1.165) is 40.4 Å². The molecule has 3 aromatic carbocycles. The Hall–Kier alpha value is -4.26. The summed E-state index contributed by atoms with van der Waals surface area (Å²) in [5, 5.41) is 1.15. The maximum absolute atomic E-state index is 13.9. The van der Waals surface area contributed by atoms with Crippen LogP contribution in [0.2, 0.25) is 0 Å². The molecule has 0 radical (unpaired) electrons. The van der Waals surface area contributed by atoms with E-state index in [2.05, 4.69) is 18.0 Å². The van der Waals surface area contributed by atoms with Crippen molar-refractivity contribution in [2.45, 2.75) is 39.7 Å². The van der Waals surface area contributed by atoms with Crippen LogP contribution in [0.15, 0.2) is 72.9 Å². The van der Waals surface area contributed by atoms with Gasteiger partial charge in [-0.2, -0.15) is 0 Å². The highest BCUT2D eigenvalue weighted by atomic mass is 16.5. The predicted octanol–water partition coefficient (Wildman–Crippen LogP) is 6.01. The van der Waals surface area contributed by atoms with E-state index in [1.165, 1.54) is 0 Å². The van der Waals surface area contributed by atoms with E-state index in [-0.39, 0.29) is 18.4 Å². The Morgan fingerprint density at radius 1 is 0.875 bits per heavy atom. The average Bonchev–Trinajstić information content (AvgIpc) is 3.40. The molecule has 210 valence electrons. The number of hydrogen-bond donors (Lipinski definition) is 1. The number of aryl methyl sites for hydroxylation is 1. The van der Waals surface area contributed by atoms with Gasteiger partial charge in [-0.05, 0) is 61.2 Å². The van der Waals surface area contributed by atoms with Crippen LogP contribution in [-0.4, -0.2) is 60.5 Å². The number of aromatic nitrogens is 1. The molecule has 7 nitrogen and oxygen atoms in total. The highest BCUT2D eigenvalue weighted by Gasteiger charge is 2.23. The number of carbonyl (C=O) groups excluding carboxylic acids is 2. The van der Waals surface area contributed by atoms with E-state index >= 15 is 0 Å². The number of aromatic amines is 1. The van der Waals surface area contributed by atoms with Crippen molar-refractivity contribution in [3.05, 3.63) is 95.2 Å². The Bertz CT molecular complexity index is 1430. The largest absolute Gasteiger partial charge is 0.493 e. The van der Waals surface area contributed by atoms with Crippen molar-refractivity contribution in [1.82, 2.24) is 14.8 Å². The molecule has 7 heteroatoms. The predicted molar refractivity (Wildman–Crippen MR) is 159 cm³/mol. The van der Waals surface area contributed by atoms with Crippen LogP contribution < -0.4 is 9.47 Å². The van der Waals surface area contributed by atoms with Crippen molar-refractivity contribution in [3.8, 4) is 11.5 Å². The zero-order valence-corrected chi connectivity index (χ0v) is 23.9. The van der Waals surface area contributed by atoms with Crippen LogP contribution in [0.4, 0.5) is 0 Å². The van der Waals surface area contributed by atoms with E-state index in [1.54, 1.807) is 19.1 Å². The van der Waals surface area contributed by atoms with E-state index in [0.29, 0.717) is 43.1 Å². The standard InChI is InChI=1S/C33H39N3O4/c1-5-6-18-36(33(38)26-14-11-24(2)12-15-26)23-32(37)35(22-25-13-16-30(39-3)31(20-25)40-4)19-17-27-21-34-29-10-8-7-9-28(27)29/h7-16,20-21,34H,5-6,17-19,22-23H2,1-4H3. The molecule has 2 amide bonds. The summed E-state index contributed by atoms with van der Waals surface area (Å²) >= 11 is 0. The Balaban J connectivity index is 1.58. The highest BCUT2D eigenvalue weighted by Crippen LogP contribution is 2.28. The fraction of sp³-hybridized carbons (Fsp3) is 0.333. The Labute approximate surface area is 236 Å². The zero-order valence-electron chi connectivity index (χ0n) is 23.9. The topological polar surface area (TPSA) is 74.9 Å². The SMILES string of the molecule is CCCCN(CC(=O)N(CCc1c[nH]c2ccccc12)Cc1ccc(OC)c(OC)c1)C(=O)c1ccc(C)cc1. The first kappa shape index (κ1) is 28.7. The van der Waals surface area contributed by atoms with Crippen LogP contribution in [-0.2, 0) is 17.8 Å². The molecule has 0 aliphatic heterocycles. The smallest absolute Gasteiger partial charge is 0.254 e. The number of H-pyrrole nitrogens is 1. The van der Waals surface area contributed by atoms with Gasteiger partial charge in [0.05, 0.1) is 14.2 Å². The van der Waals surface area contributed by atoms with Crippen molar-refractivity contribution in [2.75, 3.05) is 33.9 Å². The lowest BCUT2D eigenvalue weighted by atomic mass is 10.1. The van der Waals surface area contributed by atoms with Crippen LogP contribution in [0.1, 0.15) is 46.8 Å². The highest BCUT2D eigenvalue weighted by molar-refractivity contribution is 5.96. The number of amides is 2. The second-order valence-electron chi connectivity index (χ2n) is 10.1. The van der Waals surface area contributed by atoms with Crippen LogP contribution in [0.3, 0.4) is 0 Å². The third kappa shape index (κ3) is 7.03. The first-order valence-electron chi connectivity index (χ1n) is 13.8. The van der Waals surface area contributed by atoms with Crippen LogP contribution >= 0.6 is 0 Å². The monoisotopic (exact) mass is 541 g/mol. The molecule has 0 unspecified atom stereocenters. The van der Waals surface area contributed by atoms with Crippen molar-refractivity contribution < 1.29 is 19.1 Å². The van der Waals surface area contributed by atoms with Gasteiger partial charge in [-0.25, -0.2) is 0 Å². The van der Waals surface area contributed by atoms with Gasteiger partial charge in [0.1, 0.15) is 6.54 Å². The van der Waals surface area contributed by atoms with Crippen molar-refractivity contribution in [3.63, 3.8) is 0 Å². The van der Waals surface area contributed by atoms with Gasteiger partial charge in [0.15, 0.2) is 11.5 Å². The third-order valence-electron chi connectivity index (χ3n) is 7.19. The summed E-state index contributed by atoms with van der Waals surface area (Å²) < 4.78 is 10.9. The molecule has 0 atom stereocenters. The second kappa shape index (κ2) is 13.7. The van der Waals surface area contributed by atoms with Gasteiger partial charge in [-0.1, -0.05) is 55.3 Å². The molecule has 4 rings (SSSR count). The maximum Gasteiger partial charge on any atom is 0.254 e. The lowest BCUT2D eigenvalue weighted by molar-refractivity contribution is -0.132. The number of fused-ring (bicyclic) bond motifs is 1. The van der Waals surface area contributed by atoms with Gasteiger partial charge < -0.3 is 24.3 Å². The summed E-state index contributed by atoms with van der Waals surface area (Å²) in [6.45, 7) is 5.53. The van der Waals surface area contributed by atoms with E-state index in [9.17, 15) is 9.59 Å². The van der Waals surface area contributed by atoms with Crippen LogP contribution in [0.5, 0.6) is 11.5 Å². The van der Waals surface area contributed by atoms with Crippen LogP contribution in [0.25, 0.3) is 10.9 Å². The number of para-hydroxylation sites is 1. The van der Waals surface area contributed by atoms with Crippen molar-refractivity contribution in [1.29, 1.82) is 0 Å². The first-order valence-corrected chi connectivity index (χ1v) is 13.8. The van der Waals surface area contributed by atoms with Gasteiger partial charge in [-0.15, -0.1) is 0 Å². The molecule has 0 spiro atoms. The summed E-state index contributed by atoms with van der Waals surface area (Å²) in [6, 6.07) is 21.4. The number of nitrogens with one attached hydrogen (secondary N) is 1. The van der Waals surface area contributed by atoms with Gasteiger partial charge in [0.2, 0.25) is 5.91 Å². The molecular formula is C33H39N3O4. The van der Waals surface area contributed by atoms with Crippen LogP contribution in [0, 0.1) is 6.92 Å². The lowest BCUT2D eigenvalue weighted by Crippen LogP contribution is -2.43. The molecule has 0 aliphatic carbocycles. The number of carbonyl (C=O) groups is 2. The minimum absolute atomic E-state index is 0.0217. The Morgan fingerprint density at radius 2 is 1.62 bits per heavy atom. The summed E-state index contributed by atoms with van der Waals surface area (Å²) in [5.41, 5.74) is 4.84. The van der Waals surface area contributed by atoms with Gasteiger partial charge in [0, 0.05) is 42.3 Å². The molecule has 1 heterocycles. The van der Waals surface area contributed by atoms with Gasteiger partial charge >= 0.3 is 0 Å². The zero-order chi connectivity index (χ0) is 28.5. The molecule has 1 aromatic heterocycles. The van der Waals surface area contributed by atoms with Gasteiger partial charge in [-0.3, -0.25) is 9.59 Å². The van der Waals surface area contributed by atoms with Crippen molar-refractivity contribution >= 4 is 22.7 Å². The fourth-order valence-corrected chi connectivity index (χ4v) is 4.83. The number of benzene rings is 3. The third-order valence-corrected chi connectivity index (χ3v) is 7.19. The molecular weight excluding hydrogens is 502 g/mol. The summed E-state index contributed by atoms with van der Waals surface area (Å²) in [6.07, 6.45) is 4.46. The van der Waals surface area contributed by atoms with E-state index in [1.807, 2.05) is 78.7 Å². The number of hydrogen-bond acceptors (Lipinski definition) is 4. The molecule has 0 fully saturated rings. The molecule has 0 saturated carbocycles. The number of rotatable bonds is 13. The maximum atomic E-state index is 13.9. The minimum Gasteiger partial charge on any atom is -0.493 e. The summed E-state index contributed by atoms with van der Waals surface area (Å²) in [7, 11) is 3.20. The Kier molecular flexibility index (Phi) is 9.84. The minimum atomic E-state index is -0.121. The lowest BCUT2D eigenvalue weighted by Gasteiger charge is -2.28. The average molecular weight is 542 g/mol. The number of unbranched alkanes of at least 4 members (excludes halogenated alkanes) is 1. The molecule has 0 bridgehead atoms. The molecule has 1 N–H and O–H groups in total. The van der Waals surface area contributed by atoms with E-state index < -0.39 is 0 Å². The summed E-state index contributed by atoms with van der Waals surface area (Å²) in [5.74, 6) is 1.04. The molecule has 0 saturated heterocycles. The number of nitrogens with zero attached hydrogens (tertiary/aromatic N) is 2.